The highest BCUT2D eigenvalue weighted by Gasteiger charge is 2.30. The van der Waals surface area contributed by atoms with Gasteiger partial charge in [0.25, 0.3) is 0 Å². The van der Waals surface area contributed by atoms with Crippen molar-refractivity contribution in [2.75, 3.05) is 32.5 Å². The fourth-order valence-corrected chi connectivity index (χ4v) is 5.01. The van der Waals surface area contributed by atoms with Crippen molar-refractivity contribution in [1.29, 1.82) is 0 Å². The standard InChI is InChI=1S/C30H33N5O2/c1-20-6-5-7-21(2)29(20)22-8-13-27-23(16-22)17-31-30(33-27)32-24-9-11-26(12-10-24)37-28(19-36)35-15-14-25(18-35)34(3)4/h5-13,16-17,19,25,28H,14-15,18H2,1-4H3,(H,31,32,33)/t25-,28?/m1/s1. The summed E-state index contributed by atoms with van der Waals surface area (Å²) in [5, 5.41) is 4.26. The Morgan fingerprint density at radius 3 is 2.51 bits per heavy atom. The maximum atomic E-state index is 11.7. The van der Waals surface area contributed by atoms with Gasteiger partial charge >= 0.3 is 0 Å². The summed E-state index contributed by atoms with van der Waals surface area (Å²) >= 11 is 0. The number of aromatic nitrogens is 2. The molecule has 1 unspecified atom stereocenters. The summed E-state index contributed by atoms with van der Waals surface area (Å²) < 4.78 is 5.98. The van der Waals surface area contributed by atoms with Gasteiger partial charge in [-0.3, -0.25) is 9.69 Å². The molecule has 0 bridgehead atoms. The Kier molecular flexibility index (Phi) is 7.17. The van der Waals surface area contributed by atoms with Gasteiger partial charge in [0, 0.05) is 36.4 Å². The Bertz CT molecular complexity index is 1380. The molecule has 190 valence electrons. The highest BCUT2D eigenvalue weighted by atomic mass is 16.5. The summed E-state index contributed by atoms with van der Waals surface area (Å²) in [5.41, 5.74) is 6.65. The molecule has 0 aliphatic carbocycles. The molecule has 4 aromatic rings. The molecule has 37 heavy (non-hydrogen) atoms. The average Bonchev–Trinajstić information content (AvgIpc) is 3.39. The second-order valence-electron chi connectivity index (χ2n) is 9.93. The third-order valence-electron chi connectivity index (χ3n) is 7.12. The van der Waals surface area contributed by atoms with Gasteiger partial charge in [-0.25, -0.2) is 9.97 Å². The number of likely N-dealkylation sites (N-methyl/N-ethyl adjacent to an activating group) is 1. The van der Waals surface area contributed by atoms with E-state index in [-0.39, 0.29) is 0 Å². The van der Waals surface area contributed by atoms with Gasteiger partial charge < -0.3 is 15.0 Å². The lowest BCUT2D eigenvalue weighted by Gasteiger charge is -2.25. The highest BCUT2D eigenvalue weighted by molar-refractivity contribution is 5.86. The minimum Gasteiger partial charge on any atom is -0.468 e. The van der Waals surface area contributed by atoms with Crippen LogP contribution in [0.4, 0.5) is 11.6 Å². The van der Waals surface area contributed by atoms with Crippen molar-refractivity contribution in [1.82, 2.24) is 19.8 Å². The lowest BCUT2D eigenvalue weighted by molar-refractivity contribution is -0.120. The Balaban J connectivity index is 1.26. The summed E-state index contributed by atoms with van der Waals surface area (Å²) in [6, 6.07) is 20.6. The van der Waals surface area contributed by atoms with E-state index in [0.29, 0.717) is 17.7 Å². The van der Waals surface area contributed by atoms with Crippen molar-refractivity contribution < 1.29 is 9.53 Å². The topological polar surface area (TPSA) is 70.6 Å². The number of nitrogens with zero attached hydrogens (tertiary/aromatic N) is 4. The molecule has 7 nitrogen and oxygen atoms in total. The van der Waals surface area contributed by atoms with Gasteiger partial charge in [0.1, 0.15) is 5.75 Å². The number of anilines is 2. The number of carbonyl (C=O) groups excluding carboxylic acids is 1. The first-order valence-electron chi connectivity index (χ1n) is 12.6. The number of hydrogen-bond donors (Lipinski definition) is 1. The summed E-state index contributed by atoms with van der Waals surface area (Å²) in [5.74, 6) is 1.17. The number of hydrogen-bond acceptors (Lipinski definition) is 7. The van der Waals surface area contributed by atoms with Gasteiger partial charge in [-0.1, -0.05) is 24.3 Å². The van der Waals surface area contributed by atoms with Crippen LogP contribution in [0.25, 0.3) is 22.0 Å². The molecule has 3 aromatic carbocycles. The van der Waals surface area contributed by atoms with Crippen LogP contribution in [0.1, 0.15) is 17.5 Å². The number of aryl methyl sites for hydroxylation is 2. The van der Waals surface area contributed by atoms with E-state index in [1.165, 1.54) is 22.3 Å². The van der Waals surface area contributed by atoms with E-state index >= 15 is 0 Å². The SMILES string of the molecule is Cc1cccc(C)c1-c1ccc2nc(Nc3ccc(OC(C=O)N4CC[C@@H](N(C)C)C4)cc3)ncc2c1. The fourth-order valence-electron chi connectivity index (χ4n) is 5.01. The van der Waals surface area contributed by atoms with E-state index in [0.717, 1.165) is 42.4 Å². The molecule has 1 aliphatic heterocycles. The summed E-state index contributed by atoms with van der Waals surface area (Å²) in [4.78, 5) is 25.2. The molecule has 1 aromatic heterocycles. The highest BCUT2D eigenvalue weighted by Crippen LogP contribution is 2.30. The molecule has 0 saturated carbocycles. The van der Waals surface area contributed by atoms with Crippen LogP contribution in [-0.2, 0) is 4.79 Å². The first-order valence-corrected chi connectivity index (χ1v) is 12.6. The van der Waals surface area contributed by atoms with Crippen molar-refractivity contribution in [2.45, 2.75) is 32.5 Å². The van der Waals surface area contributed by atoms with Crippen molar-refractivity contribution in [3.05, 3.63) is 78.0 Å². The predicted octanol–water partition coefficient (Wildman–Crippen LogP) is 5.20. The van der Waals surface area contributed by atoms with Crippen molar-refractivity contribution in [3.63, 3.8) is 0 Å². The maximum Gasteiger partial charge on any atom is 0.227 e. The zero-order valence-corrected chi connectivity index (χ0v) is 21.8. The molecule has 5 rings (SSSR count). The normalized spacial score (nSPS) is 16.7. The number of rotatable bonds is 8. The molecule has 1 saturated heterocycles. The molecule has 1 N–H and O–H groups in total. The molecule has 1 aliphatic rings. The van der Waals surface area contributed by atoms with Gasteiger partial charge in [-0.2, -0.15) is 0 Å². The lowest BCUT2D eigenvalue weighted by atomic mass is 9.95. The van der Waals surface area contributed by atoms with Crippen molar-refractivity contribution in [2.24, 2.45) is 0 Å². The molecular formula is C30H33N5O2. The number of aldehydes is 1. The minimum atomic E-state index is -0.582. The predicted molar refractivity (Wildman–Crippen MR) is 148 cm³/mol. The number of benzene rings is 3. The Morgan fingerprint density at radius 1 is 1.08 bits per heavy atom. The number of fused-ring (bicyclic) bond motifs is 1. The largest absolute Gasteiger partial charge is 0.468 e. The third-order valence-corrected chi connectivity index (χ3v) is 7.12. The summed E-state index contributed by atoms with van der Waals surface area (Å²) in [6.07, 6.45) is 3.17. The summed E-state index contributed by atoms with van der Waals surface area (Å²) in [7, 11) is 4.14. The Hall–Kier alpha value is -3.81. The number of carbonyl (C=O) groups is 1. The molecule has 2 atom stereocenters. The van der Waals surface area contributed by atoms with Crippen LogP contribution in [0.2, 0.25) is 0 Å². The lowest BCUT2D eigenvalue weighted by Crippen LogP contribution is -2.41. The van der Waals surface area contributed by atoms with Crippen LogP contribution in [0.5, 0.6) is 5.75 Å². The van der Waals surface area contributed by atoms with Crippen LogP contribution in [0.3, 0.4) is 0 Å². The van der Waals surface area contributed by atoms with Crippen LogP contribution in [0, 0.1) is 13.8 Å². The van der Waals surface area contributed by atoms with Gasteiger partial charge in [-0.05, 0) is 93.0 Å². The molecule has 0 spiro atoms. The first-order chi connectivity index (χ1) is 17.9. The fraction of sp³-hybridized carbons (Fsp3) is 0.300. The average molecular weight is 496 g/mol. The quantitative estimate of drug-likeness (QED) is 0.337. The van der Waals surface area contributed by atoms with E-state index in [4.69, 9.17) is 9.72 Å². The maximum absolute atomic E-state index is 11.7. The monoisotopic (exact) mass is 495 g/mol. The molecule has 0 radical (unpaired) electrons. The molecule has 2 heterocycles. The second kappa shape index (κ2) is 10.7. The van der Waals surface area contributed by atoms with Gasteiger partial charge in [0.2, 0.25) is 12.2 Å². The minimum absolute atomic E-state index is 0.442. The van der Waals surface area contributed by atoms with Crippen LogP contribution in [-0.4, -0.2) is 65.5 Å². The number of nitrogens with one attached hydrogen (secondary N) is 1. The number of ether oxygens (including phenoxy) is 1. The van der Waals surface area contributed by atoms with E-state index in [9.17, 15) is 4.79 Å². The number of likely N-dealkylation sites (tertiary alicyclic amines) is 1. The summed E-state index contributed by atoms with van der Waals surface area (Å²) in [6.45, 7) is 5.94. The van der Waals surface area contributed by atoms with Gasteiger partial charge in [-0.15, -0.1) is 0 Å². The van der Waals surface area contributed by atoms with Crippen LogP contribution < -0.4 is 10.1 Å². The Morgan fingerprint density at radius 2 is 1.84 bits per heavy atom. The third kappa shape index (κ3) is 5.48. The molecule has 0 amide bonds. The van der Waals surface area contributed by atoms with Gasteiger partial charge in [0.15, 0.2) is 6.29 Å². The first kappa shape index (κ1) is 24.9. The van der Waals surface area contributed by atoms with Crippen molar-refractivity contribution >= 4 is 28.8 Å². The van der Waals surface area contributed by atoms with E-state index in [2.05, 4.69) is 78.4 Å². The molecule has 7 heteroatoms. The van der Waals surface area contributed by atoms with E-state index < -0.39 is 6.23 Å². The van der Waals surface area contributed by atoms with E-state index in [1.54, 1.807) is 0 Å². The van der Waals surface area contributed by atoms with E-state index in [1.807, 2.05) is 36.5 Å². The molecule has 1 fully saturated rings. The van der Waals surface area contributed by atoms with Crippen LogP contribution >= 0.6 is 0 Å². The van der Waals surface area contributed by atoms with Gasteiger partial charge in [0.05, 0.1) is 5.52 Å². The molecular weight excluding hydrogens is 462 g/mol. The Labute approximate surface area is 218 Å². The zero-order valence-electron chi connectivity index (χ0n) is 21.8. The van der Waals surface area contributed by atoms with Crippen molar-refractivity contribution in [3.8, 4) is 16.9 Å². The second-order valence-corrected chi connectivity index (χ2v) is 9.93. The van der Waals surface area contributed by atoms with Crippen LogP contribution in [0.15, 0.2) is 66.9 Å². The smallest absolute Gasteiger partial charge is 0.227 e. The zero-order chi connectivity index (χ0) is 25.9.